The number of hydrogen-bond donors (Lipinski definition) is 2. The Hall–Kier alpha value is -1.84. The normalized spacial score (nSPS) is 22.9. The molecule has 1 fully saturated rings. The monoisotopic (exact) mass is 377 g/mol. The first kappa shape index (κ1) is 20.5. The van der Waals surface area contributed by atoms with Crippen LogP contribution in [0.25, 0.3) is 0 Å². The molecule has 1 aromatic heterocycles. The maximum Gasteiger partial charge on any atom is 0.391 e. The second-order valence-corrected chi connectivity index (χ2v) is 6.32. The summed E-state index contributed by atoms with van der Waals surface area (Å²) >= 11 is 0. The van der Waals surface area contributed by atoms with Gasteiger partial charge in [0.1, 0.15) is 6.10 Å². The maximum atomic E-state index is 12.9. The van der Waals surface area contributed by atoms with E-state index in [9.17, 15) is 13.2 Å². The summed E-state index contributed by atoms with van der Waals surface area (Å²) in [6, 6.07) is -0.266. The predicted molar refractivity (Wildman–Crippen MR) is 89.5 cm³/mol. The van der Waals surface area contributed by atoms with Crippen molar-refractivity contribution in [3.8, 4) is 0 Å². The van der Waals surface area contributed by atoms with Crippen LogP contribution in [0, 0.1) is 5.92 Å². The number of nitrogens with one attached hydrogen (secondary N) is 2. The van der Waals surface area contributed by atoms with E-state index in [0.717, 1.165) is 0 Å². The Labute approximate surface area is 150 Å². The zero-order chi connectivity index (χ0) is 19.2. The lowest BCUT2D eigenvalue weighted by atomic mass is 9.85. The molecule has 0 aromatic carbocycles. The van der Waals surface area contributed by atoms with Crippen molar-refractivity contribution in [3.63, 3.8) is 0 Å². The van der Waals surface area contributed by atoms with E-state index >= 15 is 0 Å². The van der Waals surface area contributed by atoms with E-state index < -0.39 is 12.1 Å². The zero-order valence-corrected chi connectivity index (χ0v) is 15.3. The van der Waals surface area contributed by atoms with E-state index in [4.69, 9.17) is 9.26 Å². The van der Waals surface area contributed by atoms with Gasteiger partial charge in [0.2, 0.25) is 5.89 Å². The maximum absolute atomic E-state index is 12.9. The Morgan fingerprint density at radius 2 is 2.19 bits per heavy atom. The van der Waals surface area contributed by atoms with Crippen LogP contribution in [0.1, 0.15) is 57.3 Å². The van der Waals surface area contributed by atoms with Crippen molar-refractivity contribution in [3.05, 3.63) is 11.7 Å². The van der Waals surface area contributed by atoms with Crippen molar-refractivity contribution < 1.29 is 22.4 Å². The number of hydrogen-bond acceptors (Lipinski definition) is 5. The van der Waals surface area contributed by atoms with Crippen LogP contribution < -0.4 is 10.6 Å². The quantitative estimate of drug-likeness (QED) is 0.586. The van der Waals surface area contributed by atoms with Gasteiger partial charge in [-0.05, 0) is 33.1 Å². The molecule has 1 aliphatic carbocycles. The molecule has 7 nitrogen and oxygen atoms in total. The molecule has 3 atom stereocenters. The van der Waals surface area contributed by atoms with Gasteiger partial charge in [0.05, 0.1) is 12.5 Å². The molecule has 0 radical (unpaired) electrons. The fourth-order valence-electron chi connectivity index (χ4n) is 3.00. The van der Waals surface area contributed by atoms with Gasteiger partial charge in [0, 0.05) is 19.7 Å². The predicted octanol–water partition coefficient (Wildman–Crippen LogP) is 2.95. The summed E-state index contributed by atoms with van der Waals surface area (Å²) in [4.78, 5) is 8.28. The number of aromatic nitrogens is 2. The van der Waals surface area contributed by atoms with Gasteiger partial charge >= 0.3 is 6.18 Å². The van der Waals surface area contributed by atoms with E-state index in [-0.39, 0.29) is 31.5 Å². The zero-order valence-electron chi connectivity index (χ0n) is 15.3. The molecular weight excluding hydrogens is 351 g/mol. The third-order valence-electron chi connectivity index (χ3n) is 4.37. The molecule has 1 aliphatic rings. The average Bonchev–Trinajstić information content (AvgIpc) is 3.07. The number of aliphatic imine (C=N–C) groups is 1. The van der Waals surface area contributed by atoms with Gasteiger partial charge in [-0.1, -0.05) is 11.6 Å². The van der Waals surface area contributed by atoms with E-state index in [1.165, 1.54) is 0 Å². The fourth-order valence-corrected chi connectivity index (χ4v) is 3.00. The van der Waals surface area contributed by atoms with Crippen LogP contribution in [0.2, 0.25) is 0 Å². The molecule has 10 heteroatoms. The van der Waals surface area contributed by atoms with Crippen molar-refractivity contribution >= 4 is 5.96 Å². The van der Waals surface area contributed by atoms with E-state index in [2.05, 4.69) is 25.8 Å². The summed E-state index contributed by atoms with van der Waals surface area (Å²) in [5, 5.41) is 9.90. The van der Waals surface area contributed by atoms with Gasteiger partial charge in [0.15, 0.2) is 11.8 Å². The number of guanidine groups is 1. The Kier molecular flexibility index (Phi) is 7.24. The molecule has 2 rings (SSSR count). The Bertz CT molecular complexity index is 591. The van der Waals surface area contributed by atoms with Crippen LogP contribution in [-0.4, -0.2) is 42.0 Å². The number of halogens is 3. The Morgan fingerprint density at radius 1 is 1.42 bits per heavy atom. The highest BCUT2D eigenvalue weighted by molar-refractivity contribution is 5.79. The first-order valence-corrected chi connectivity index (χ1v) is 8.81. The number of ether oxygens (including phenoxy) is 1. The topological polar surface area (TPSA) is 84.6 Å². The molecule has 0 aliphatic heterocycles. The van der Waals surface area contributed by atoms with E-state index in [0.29, 0.717) is 37.1 Å². The third-order valence-corrected chi connectivity index (χ3v) is 4.37. The van der Waals surface area contributed by atoms with E-state index in [1.807, 2.05) is 13.8 Å². The summed E-state index contributed by atoms with van der Waals surface area (Å²) in [5.74, 6) is -0.0425. The molecule has 1 aromatic rings. The lowest BCUT2D eigenvalue weighted by Gasteiger charge is -2.31. The van der Waals surface area contributed by atoms with Crippen LogP contribution in [0.5, 0.6) is 0 Å². The largest absolute Gasteiger partial charge is 0.391 e. The Morgan fingerprint density at radius 3 is 2.85 bits per heavy atom. The van der Waals surface area contributed by atoms with Gasteiger partial charge < -0.3 is 19.9 Å². The first-order valence-electron chi connectivity index (χ1n) is 8.81. The lowest BCUT2D eigenvalue weighted by molar-refractivity contribution is -0.183. The number of nitrogens with zero attached hydrogens (tertiary/aromatic N) is 3. The summed E-state index contributed by atoms with van der Waals surface area (Å²) in [6.45, 7) is 4.47. The second kappa shape index (κ2) is 9.20. The molecule has 0 amide bonds. The average molecular weight is 377 g/mol. The summed E-state index contributed by atoms with van der Waals surface area (Å²) in [5.41, 5.74) is 0. The van der Waals surface area contributed by atoms with Crippen molar-refractivity contribution in [1.82, 2.24) is 20.8 Å². The van der Waals surface area contributed by atoms with Crippen LogP contribution in [0.3, 0.4) is 0 Å². The Balaban J connectivity index is 1.84. The summed E-state index contributed by atoms with van der Waals surface area (Å²) in [6.07, 6.45) is -2.94. The second-order valence-electron chi connectivity index (χ2n) is 6.32. The molecule has 0 bridgehead atoms. The SMILES string of the molecule is CCOC(C)c1noc(CNC(=NC)NC2CCCC(C(F)(F)F)C2)n1. The van der Waals surface area contributed by atoms with Gasteiger partial charge in [-0.15, -0.1) is 0 Å². The molecule has 1 saturated carbocycles. The van der Waals surface area contributed by atoms with Crippen molar-refractivity contribution in [1.29, 1.82) is 0 Å². The molecule has 0 spiro atoms. The van der Waals surface area contributed by atoms with Gasteiger partial charge in [-0.25, -0.2) is 0 Å². The summed E-state index contributed by atoms with van der Waals surface area (Å²) < 4.78 is 49.3. The van der Waals surface area contributed by atoms with Gasteiger partial charge in [-0.3, -0.25) is 4.99 Å². The molecule has 3 unspecified atom stereocenters. The van der Waals surface area contributed by atoms with Gasteiger partial charge in [0.25, 0.3) is 0 Å². The molecule has 26 heavy (non-hydrogen) atoms. The summed E-state index contributed by atoms with van der Waals surface area (Å²) in [7, 11) is 1.57. The fraction of sp³-hybridized carbons (Fsp3) is 0.812. The van der Waals surface area contributed by atoms with Crippen LogP contribution in [0.4, 0.5) is 13.2 Å². The molecule has 1 heterocycles. The highest BCUT2D eigenvalue weighted by Gasteiger charge is 2.42. The van der Waals surface area contributed by atoms with Crippen molar-refractivity contribution in [2.75, 3.05) is 13.7 Å². The van der Waals surface area contributed by atoms with Crippen LogP contribution >= 0.6 is 0 Å². The van der Waals surface area contributed by atoms with E-state index in [1.54, 1.807) is 7.05 Å². The molecular formula is C16H26F3N5O2. The minimum atomic E-state index is -4.14. The lowest BCUT2D eigenvalue weighted by Crippen LogP contribution is -2.46. The number of rotatable bonds is 6. The van der Waals surface area contributed by atoms with Gasteiger partial charge in [-0.2, -0.15) is 18.2 Å². The van der Waals surface area contributed by atoms with Crippen molar-refractivity contribution in [2.24, 2.45) is 10.9 Å². The molecule has 0 saturated heterocycles. The minimum absolute atomic E-state index is 0.0563. The molecule has 2 N–H and O–H groups in total. The standard InChI is InChI=1S/C16H26F3N5O2/c1-4-25-10(2)14-23-13(26-24-14)9-21-15(20-3)22-12-7-5-6-11(8-12)16(17,18)19/h10-12H,4-9H2,1-3H3,(H2,20,21,22). The highest BCUT2D eigenvalue weighted by Crippen LogP contribution is 2.37. The first-order chi connectivity index (χ1) is 12.3. The smallest absolute Gasteiger partial charge is 0.371 e. The van der Waals surface area contributed by atoms with Crippen LogP contribution in [-0.2, 0) is 11.3 Å². The van der Waals surface area contributed by atoms with Crippen molar-refractivity contribution in [2.45, 2.75) is 64.4 Å². The number of alkyl halides is 3. The molecule has 148 valence electrons. The third kappa shape index (κ3) is 5.86. The minimum Gasteiger partial charge on any atom is -0.371 e. The van der Waals surface area contributed by atoms with Crippen LogP contribution in [0.15, 0.2) is 9.52 Å². The highest BCUT2D eigenvalue weighted by atomic mass is 19.4.